The van der Waals surface area contributed by atoms with Crippen LogP contribution >= 0.6 is 11.6 Å². The second-order valence-corrected chi connectivity index (χ2v) is 6.41. The molecule has 0 aliphatic rings. The monoisotopic (exact) mass is 409 g/mol. The first kappa shape index (κ1) is 21.2. The first-order chi connectivity index (χ1) is 13.2. The van der Waals surface area contributed by atoms with E-state index in [0.717, 1.165) is 6.92 Å². The Bertz CT molecular complexity index is 866. The number of hydrogen-bond acceptors (Lipinski definition) is 4. The Balaban J connectivity index is 2.15. The Morgan fingerprint density at radius 2 is 1.71 bits per heavy atom. The molecule has 2 aromatic carbocycles. The van der Waals surface area contributed by atoms with Gasteiger partial charge < -0.3 is 20.3 Å². The number of amides is 1. The zero-order chi connectivity index (χ0) is 20.9. The Morgan fingerprint density at radius 3 is 2.21 bits per heavy atom. The van der Waals surface area contributed by atoms with Crippen molar-refractivity contribution in [3.05, 3.63) is 64.4 Å². The second kappa shape index (κ2) is 8.71. The SMILES string of the molecule is CC(=O)NC(Cc1ccc(OCc2c(F)cccc2Cl)cc1)(C(=O)O)C(=O)O. The Hall–Kier alpha value is -3.13. The quantitative estimate of drug-likeness (QED) is 0.578. The van der Waals surface area contributed by atoms with E-state index in [0.29, 0.717) is 11.3 Å². The van der Waals surface area contributed by atoms with Crippen molar-refractivity contribution in [3.63, 3.8) is 0 Å². The lowest BCUT2D eigenvalue weighted by atomic mass is 9.90. The van der Waals surface area contributed by atoms with Gasteiger partial charge in [-0.3, -0.25) is 4.79 Å². The first-order valence-electron chi connectivity index (χ1n) is 8.06. The van der Waals surface area contributed by atoms with Crippen molar-refractivity contribution in [2.75, 3.05) is 0 Å². The fraction of sp³-hybridized carbons (Fsp3) is 0.211. The predicted octanol–water partition coefficient (Wildman–Crippen LogP) is 2.64. The Labute approximate surface area is 164 Å². The van der Waals surface area contributed by atoms with Crippen molar-refractivity contribution in [2.45, 2.75) is 25.5 Å². The van der Waals surface area contributed by atoms with E-state index < -0.39 is 35.6 Å². The normalized spacial score (nSPS) is 11.0. The number of carboxylic acid groups (broad SMARTS) is 2. The van der Waals surface area contributed by atoms with Gasteiger partial charge in [0.15, 0.2) is 0 Å². The Morgan fingerprint density at radius 1 is 1.11 bits per heavy atom. The van der Waals surface area contributed by atoms with Crippen molar-refractivity contribution in [1.29, 1.82) is 0 Å². The fourth-order valence-corrected chi connectivity index (χ4v) is 2.75. The van der Waals surface area contributed by atoms with Crippen LogP contribution in [0.4, 0.5) is 4.39 Å². The van der Waals surface area contributed by atoms with E-state index in [9.17, 15) is 29.0 Å². The van der Waals surface area contributed by atoms with Crippen LogP contribution in [0.3, 0.4) is 0 Å². The van der Waals surface area contributed by atoms with Crippen molar-refractivity contribution < 1.29 is 33.7 Å². The molecule has 0 saturated carbocycles. The summed E-state index contributed by atoms with van der Waals surface area (Å²) in [5.74, 6) is -4.33. The van der Waals surface area contributed by atoms with E-state index in [1.54, 1.807) is 0 Å². The zero-order valence-corrected chi connectivity index (χ0v) is 15.5. The third kappa shape index (κ3) is 4.77. The standard InChI is InChI=1S/C19H17ClFNO6/c1-11(23)22-19(17(24)25,18(26)27)9-12-5-7-13(8-6-12)28-10-14-15(20)3-2-4-16(14)21/h2-8H,9-10H2,1H3,(H,22,23)(H,24,25)(H,26,27). The highest BCUT2D eigenvalue weighted by Crippen LogP contribution is 2.23. The fourth-order valence-electron chi connectivity index (χ4n) is 2.53. The minimum absolute atomic E-state index is 0.120. The summed E-state index contributed by atoms with van der Waals surface area (Å²) in [5.41, 5.74) is -1.96. The molecule has 0 aliphatic heterocycles. The van der Waals surface area contributed by atoms with Crippen LogP contribution in [0.1, 0.15) is 18.1 Å². The van der Waals surface area contributed by atoms with Crippen molar-refractivity contribution in [3.8, 4) is 5.75 Å². The molecule has 0 atom stereocenters. The molecular formula is C19H17ClFNO6. The van der Waals surface area contributed by atoms with Crippen LogP contribution in [0.2, 0.25) is 5.02 Å². The summed E-state index contributed by atoms with van der Waals surface area (Å²) in [6, 6.07) is 10.1. The summed E-state index contributed by atoms with van der Waals surface area (Å²) >= 11 is 5.93. The van der Waals surface area contributed by atoms with E-state index in [-0.39, 0.29) is 17.2 Å². The third-order valence-electron chi connectivity index (χ3n) is 3.96. The lowest BCUT2D eigenvalue weighted by Gasteiger charge is -2.25. The molecule has 0 aliphatic carbocycles. The van der Waals surface area contributed by atoms with Crippen LogP contribution in [0.15, 0.2) is 42.5 Å². The average molecular weight is 410 g/mol. The van der Waals surface area contributed by atoms with Gasteiger partial charge >= 0.3 is 11.9 Å². The summed E-state index contributed by atoms with van der Waals surface area (Å²) in [6.07, 6.45) is -0.476. The molecule has 0 bridgehead atoms. The van der Waals surface area contributed by atoms with Crippen molar-refractivity contribution >= 4 is 29.4 Å². The molecule has 148 valence electrons. The molecule has 0 heterocycles. The lowest BCUT2D eigenvalue weighted by molar-refractivity contribution is -0.161. The minimum atomic E-state index is -2.49. The molecule has 2 aromatic rings. The maximum atomic E-state index is 13.7. The van der Waals surface area contributed by atoms with Crippen LogP contribution in [-0.4, -0.2) is 33.6 Å². The van der Waals surface area contributed by atoms with E-state index in [1.807, 2.05) is 5.32 Å². The molecule has 7 nitrogen and oxygen atoms in total. The smallest absolute Gasteiger partial charge is 0.341 e. The number of carboxylic acids is 2. The number of benzene rings is 2. The summed E-state index contributed by atoms with van der Waals surface area (Å²) < 4.78 is 19.2. The van der Waals surface area contributed by atoms with Gasteiger partial charge in [0.2, 0.25) is 11.4 Å². The van der Waals surface area contributed by atoms with Crippen molar-refractivity contribution in [2.24, 2.45) is 0 Å². The number of rotatable bonds is 8. The molecule has 28 heavy (non-hydrogen) atoms. The molecule has 2 rings (SSSR count). The van der Waals surface area contributed by atoms with Crippen LogP contribution < -0.4 is 10.1 Å². The lowest BCUT2D eigenvalue weighted by Crippen LogP contribution is -2.61. The maximum absolute atomic E-state index is 13.7. The second-order valence-electron chi connectivity index (χ2n) is 6.01. The summed E-state index contributed by atoms with van der Waals surface area (Å²) in [6.45, 7) is 0.913. The maximum Gasteiger partial charge on any atom is 0.341 e. The molecule has 1 amide bonds. The number of carbonyl (C=O) groups is 3. The van der Waals surface area contributed by atoms with Gasteiger partial charge in [-0.25, -0.2) is 14.0 Å². The highest BCUT2D eigenvalue weighted by atomic mass is 35.5. The van der Waals surface area contributed by atoms with Gasteiger partial charge in [0.25, 0.3) is 0 Å². The molecule has 0 unspecified atom stereocenters. The van der Waals surface area contributed by atoms with Gasteiger partial charge in [0.1, 0.15) is 18.2 Å². The van der Waals surface area contributed by atoms with Gasteiger partial charge in [0.05, 0.1) is 5.02 Å². The van der Waals surface area contributed by atoms with E-state index in [1.165, 1.54) is 42.5 Å². The molecule has 9 heteroatoms. The number of nitrogens with one attached hydrogen (secondary N) is 1. The average Bonchev–Trinajstić information content (AvgIpc) is 2.61. The van der Waals surface area contributed by atoms with Gasteiger partial charge in [-0.2, -0.15) is 0 Å². The first-order valence-corrected chi connectivity index (χ1v) is 8.43. The molecule has 3 N–H and O–H groups in total. The molecule has 0 radical (unpaired) electrons. The molecule has 0 aromatic heterocycles. The predicted molar refractivity (Wildman–Crippen MR) is 97.7 cm³/mol. The Kier molecular flexibility index (Phi) is 6.58. The van der Waals surface area contributed by atoms with Gasteiger partial charge in [0, 0.05) is 18.9 Å². The highest BCUT2D eigenvalue weighted by Gasteiger charge is 2.47. The number of ether oxygens (including phenoxy) is 1. The summed E-state index contributed by atoms with van der Waals surface area (Å²) in [5, 5.41) is 20.9. The van der Waals surface area contributed by atoms with Gasteiger partial charge in [-0.1, -0.05) is 29.8 Å². The minimum Gasteiger partial charge on any atom is -0.489 e. The van der Waals surface area contributed by atoms with E-state index in [2.05, 4.69) is 0 Å². The molecule has 0 spiro atoms. The number of carbonyl (C=O) groups excluding carboxylic acids is 1. The summed E-state index contributed by atoms with van der Waals surface area (Å²) in [4.78, 5) is 34.3. The highest BCUT2D eigenvalue weighted by molar-refractivity contribution is 6.31. The van der Waals surface area contributed by atoms with Crippen LogP contribution in [-0.2, 0) is 27.4 Å². The van der Waals surface area contributed by atoms with Crippen LogP contribution in [0.5, 0.6) is 5.75 Å². The zero-order valence-electron chi connectivity index (χ0n) is 14.7. The van der Waals surface area contributed by atoms with Crippen LogP contribution in [0.25, 0.3) is 0 Å². The largest absolute Gasteiger partial charge is 0.489 e. The topological polar surface area (TPSA) is 113 Å². The third-order valence-corrected chi connectivity index (χ3v) is 4.31. The van der Waals surface area contributed by atoms with Gasteiger partial charge in [-0.15, -0.1) is 0 Å². The van der Waals surface area contributed by atoms with Crippen LogP contribution in [0, 0.1) is 5.82 Å². The number of aliphatic carboxylic acids is 2. The molecular weight excluding hydrogens is 393 g/mol. The van der Waals surface area contributed by atoms with Gasteiger partial charge in [-0.05, 0) is 29.8 Å². The summed E-state index contributed by atoms with van der Waals surface area (Å²) in [7, 11) is 0. The molecule has 0 fully saturated rings. The van der Waals surface area contributed by atoms with Crippen molar-refractivity contribution in [1.82, 2.24) is 5.32 Å². The van der Waals surface area contributed by atoms with E-state index in [4.69, 9.17) is 16.3 Å². The van der Waals surface area contributed by atoms with E-state index >= 15 is 0 Å². The number of hydrogen-bond donors (Lipinski definition) is 3. The molecule has 0 saturated heterocycles. The number of halogens is 2.